The second kappa shape index (κ2) is 6.47. The minimum atomic E-state index is -3.79. The minimum Gasteiger partial charge on any atom is -0.495 e. The third-order valence-corrected chi connectivity index (χ3v) is 4.77. The summed E-state index contributed by atoms with van der Waals surface area (Å²) in [6, 6.07) is 5.24. The van der Waals surface area contributed by atoms with Crippen molar-refractivity contribution in [3.8, 4) is 5.75 Å². The quantitative estimate of drug-likeness (QED) is 0.598. The first-order chi connectivity index (χ1) is 9.64. The molecular weight excluding hydrogens is 288 g/mol. The van der Waals surface area contributed by atoms with Gasteiger partial charge in [0, 0.05) is 14.1 Å². The van der Waals surface area contributed by atoms with Crippen LogP contribution in [0.2, 0.25) is 0 Å². The monoisotopic (exact) mass is 312 g/mol. The van der Waals surface area contributed by atoms with Crippen LogP contribution < -0.4 is 4.74 Å². The number of benzene rings is 1. The number of ether oxygens (including phenoxy) is 1. The fourth-order valence-electron chi connectivity index (χ4n) is 1.72. The zero-order valence-corrected chi connectivity index (χ0v) is 14.4. The highest BCUT2D eigenvalue weighted by molar-refractivity contribution is 7.90. The molecule has 0 aliphatic carbocycles. The van der Waals surface area contributed by atoms with E-state index in [4.69, 9.17) is 4.74 Å². The molecule has 0 aromatic heterocycles. The molecule has 118 valence electrons. The predicted octanol–water partition coefficient (Wildman–Crippen LogP) is 2.66. The van der Waals surface area contributed by atoms with E-state index in [2.05, 4.69) is 25.2 Å². The third-order valence-electron chi connectivity index (χ3n) is 3.52. The van der Waals surface area contributed by atoms with Gasteiger partial charge in [-0.25, -0.2) is 0 Å². The van der Waals surface area contributed by atoms with Gasteiger partial charge in [0.15, 0.2) is 0 Å². The lowest BCUT2D eigenvalue weighted by molar-refractivity contribution is 0.401. The molecule has 0 bridgehead atoms. The summed E-state index contributed by atoms with van der Waals surface area (Å²) in [5.41, 5.74) is 0.839. The highest BCUT2D eigenvalue weighted by Gasteiger charge is 2.24. The van der Waals surface area contributed by atoms with Crippen molar-refractivity contribution in [2.75, 3.05) is 21.2 Å². The molecule has 5 nitrogen and oxygen atoms in total. The number of hydrogen-bond acceptors (Lipinski definition) is 3. The number of rotatable bonds is 6. The van der Waals surface area contributed by atoms with Gasteiger partial charge in [-0.1, -0.05) is 26.8 Å². The molecule has 0 heterocycles. The van der Waals surface area contributed by atoms with Crippen molar-refractivity contribution in [1.29, 1.82) is 0 Å². The second-order valence-electron chi connectivity index (χ2n) is 5.76. The fraction of sp³-hybridized carbons (Fsp3) is 0.533. The first kappa shape index (κ1) is 17.5. The molecule has 1 rings (SSSR count). The Labute approximate surface area is 127 Å². The third kappa shape index (κ3) is 4.20. The van der Waals surface area contributed by atoms with Crippen molar-refractivity contribution in [2.45, 2.75) is 37.5 Å². The van der Waals surface area contributed by atoms with E-state index in [1.807, 2.05) is 6.07 Å². The standard InChI is InChI=1S/C15H24N2O3S/c1-7-15(2,3)12-8-9-13(20-6)14(10-12)21(18,19)16-11-17(4)5/h8-11H,7H2,1-6H3. The minimum absolute atomic E-state index is 0.0992. The molecule has 0 unspecified atom stereocenters. The molecule has 0 saturated carbocycles. The summed E-state index contributed by atoms with van der Waals surface area (Å²) in [6.07, 6.45) is 2.17. The van der Waals surface area contributed by atoms with Crippen molar-refractivity contribution in [1.82, 2.24) is 4.90 Å². The summed E-state index contributed by atoms with van der Waals surface area (Å²) in [6.45, 7) is 6.23. The van der Waals surface area contributed by atoms with Gasteiger partial charge in [0.1, 0.15) is 17.0 Å². The van der Waals surface area contributed by atoms with Crippen LogP contribution in [0, 0.1) is 0 Å². The average molecular weight is 312 g/mol. The molecule has 1 aromatic carbocycles. The Morgan fingerprint density at radius 3 is 2.43 bits per heavy atom. The van der Waals surface area contributed by atoms with Gasteiger partial charge in [0.2, 0.25) is 0 Å². The van der Waals surface area contributed by atoms with Crippen LogP contribution >= 0.6 is 0 Å². The molecule has 0 radical (unpaired) electrons. The first-order valence-corrected chi connectivity index (χ1v) is 8.23. The number of hydrogen-bond donors (Lipinski definition) is 0. The highest BCUT2D eigenvalue weighted by atomic mass is 32.2. The summed E-state index contributed by atoms with van der Waals surface area (Å²) in [5.74, 6) is 0.307. The molecule has 21 heavy (non-hydrogen) atoms. The lowest BCUT2D eigenvalue weighted by Gasteiger charge is -2.24. The van der Waals surface area contributed by atoms with Crippen LogP contribution in [0.5, 0.6) is 5.75 Å². The Morgan fingerprint density at radius 2 is 1.95 bits per heavy atom. The van der Waals surface area contributed by atoms with Gasteiger partial charge in [-0.2, -0.15) is 8.42 Å². The fourth-order valence-corrected chi connectivity index (χ4v) is 2.82. The molecule has 0 spiro atoms. The average Bonchev–Trinajstić information content (AvgIpc) is 2.44. The first-order valence-electron chi connectivity index (χ1n) is 6.79. The number of sulfonamides is 1. The molecule has 0 saturated heterocycles. The largest absolute Gasteiger partial charge is 0.495 e. The van der Waals surface area contributed by atoms with E-state index in [0.717, 1.165) is 12.0 Å². The van der Waals surface area contributed by atoms with Crippen LogP contribution in [0.15, 0.2) is 27.5 Å². The predicted molar refractivity (Wildman–Crippen MR) is 85.7 cm³/mol. The maximum Gasteiger partial charge on any atom is 0.287 e. The Kier molecular flexibility index (Phi) is 5.39. The van der Waals surface area contributed by atoms with E-state index in [0.29, 0.717) is 5.75 Å². The molecule has 6 heteroatoms. The van der Waals surface area contributed by atoms with Crippen LogP contribution in [0.25, 0.3) is 0 Å². The molecule has 1 aromatic rings. The summed E-state index contributed by atoms with van der Waals surface area (Å²) in [4.78, 5) is 1.67. The normalized spacial score (nSPS) is 12.7. The number of methoxy groups -OCH3 is 1. The molecule has 0 aliphatic rings. The van der Waals surface area contributed by atoms with Crippen molar-refractivity contribution >= 4 is 16.4 Å². The van der Waals surface area contributed by atoms with Crippen LogP contribution in [0.4, 0.5) is 0 Å². The topological polar surface area (TPSA) is 59.0 Å². The molecule has 0 atom stereocenters. The van der Waals surface area contributed by atoms with Gasteiger partial charge < -0.3 is 9.64 Å². The maximum atomic E-state index is 12.4. The van der Waals surface area contributed by atoms with E-state index < -0.39 is 10.0 Å². The summed E-state index contributed by atoms with van der Waals surface area (Å²) in [5, 5.41) is 0. The van der Waals surface area contributed by atoms with Crippen LogP contribution in [0.3, 0.4) is 0 Å². The van der Waals surface area contributed by atoms with E-state index in [-0.39, 0.29) is 10.3 Å². The second-order valence-corrected chi connectivity index (χ2v) is 7.36. The van der Waals surface area contributed by atoms with Gasteiger partial charge in [0.25, 0.3) is 10.0 Å². The molecular formula is C15H24N2O3S. The Morgan fingerprint density at radius 1 is 1.33 bits per heavy atom. The number of nitrogens with zero attached hydrogens (tertiary/aromatic N) is 2. The van der Waals surface area contributed by atoms with Gasteiger partial charge in [-0.05, 0) is 29.5 Å². The van der Waals surface area contributed by atoms with Crippen LogP contribution in [-0.4, -0.2) is 40.9 Å². The zero-order chi connectivity index (χ0) is 16.3. The Bertz CT molecular complexity index is 620. The van der Waals surface area contributed by atoms with Crippen LogP contribution in [-0.2, 0) is 15.4 Å². The summed E-state index contributed by atoms with van der Waals surface area (Å²) >= 11 is 0. The van der Waals surface area contributed by atoms with Gasteiger partial charge >= 0.3 is 0 Å². The molecule has 0 N–H and O–H groups in total. The van der Waals surface area contributed by atoms with Crippen LogP contribution in [0.1, 0.15) is 32.8 Å². The van der Waals surface area contributed by atoms with E-state index >= 15 is 0 Å². The van der Waals surface area contributed by atoms with E-state index in [1.165, 1.54) is 13.4 Å². The van der Waals surface area contributed by atoms with E-state index in [1.54, 1.807) is 31.1 Å². The molecule has 0 fully saturated rings. The van der Waals surface area contributed by atoms with Crippen molar-refractivity contribution < 1.29 is 13.2 Å². The van der Waals surface area contributed by atoms with Gasteiger partial charge in [-0.3, -0.25) is 0 Å². The smallest absolute Gasteiger partial charge is 0.287 e. The highest BCUT2D eigenvalue weighted by Crippen LogP contribution is 2.33. The molecule has 0 amide bonds. The van der Waals surface area contributed by atoms with Gasteiger partial charge in [-0.15, -0.1) is 4.40 Å². The lowest BCUT2D eigenvalue weighted by atomic mass is 9.82. The Hall–Kier alpha value is -1.56. The summed E-state index contributed by atoms with van der Waals surface area (Å²) < 4.78 is 33.6. The van der Waals surface area contributed by atoms with E-state index in [9.17, 15) is 8.42 Å². The van der Waals surface area contributed by atoms with Crippen molar-refractivity contribution in [2.24, 2.45) is 4.40 Å². The van der Waals surface area contributed by atoms with Crippen molar-refractivity contribution in [3.63, 3.8) is 0 Å². The molecule has 0 aliphatic heterocycles. The SMILES string of the molecule is CCC(C)(C)c1ccc(OC)c(S(=O)(=O)N=CN(C)C)c1. The zero-order valence-electron chi connectivity index (χ0n) is 13.5. The maximum absolute atomic E-state index is 12.4. The Balaban J connectivity index is 3.43. The summed E-state index contributed by atoms with van der Waals surface area (Å²) in [7, 11) is 1.10. The lowest BCUT2D eigenvalue weighted by Crippen LogP contribution is -2.16. The van der Waals surface area contributed by atoms with Crippen molar-refractivity contribution in [3.05, 3.63) is 23.8 Å². The van der Waals surface area contributed by atoms with Gasteiger partial charge in [0.05, 0.1) is 7.11 Å².